The maximum absolute atomic E-state index is 4.28. The molecule has 0 aromatic heterocycles. The normalized spacial score (nSPS) is 14.6. The molecule has 1 aromatic carbocycles. The zero-order chi connectivity index (χ0) is 15.4. The van der Waals surface area contributed by atoms with Crippen LogP contribution in [-0.2, 0) is 6.54 Å². The van der Waals surface area contributed by atoms with Crippen molar-refractivity contribution in [1.29, 1.82) is 0 Å². The molecule has 0 saturated carbocycles. The Hall–Kier alpha value is -2.16. The zero-order valence-electron chi connectivity index (χ0n) is 13.1. The Bertz CT molecular complexity index is 560. The first kappa shape index (κ1) is 15.2. The molecule has 3 heteroatoms. The number of rotatable bonds is 7. The van der Waals surface area contributed by atoms with Crippen LogP contribution in [0.4, 0.5) is 5.69 Å². The SMILES string of the molecule is C=CC(CCC(=C)NC)N1Cc2c(NC)cccc2C1=C. The van der Waals surface area contributed by atoms with Crippen molar-refractivity contribution in [2.45, 2.75) is 25.4 Å². The Balaban J connectivity index is 2.17. The van der Waals surface area contributed by atoms with Crippen molar-refractivity contribution >= 4 is 11.4 Å². The lowest BCUT2D eigenvalue weighted by atomic mass is 10.1. The van der Waals surface area contributed by atoms with E-state index in [4.69, 9.17) is 0 Å². The number of allylic oxidation sites excluding steroid dienone is 1. The van der Waals surface area contributed by atoms with E-state index in [9.17, 15) is 0 Å². The van der Waals surface area contributed by atoms with Crippen molar-refractivity contribution in [3.8, 4) is 0 Å². The molecule has 112 valence electrons. The third-order valence-corrected chi connectivity index (χ3v) is 4.20. The van der Waals surface area contributed by atoms with Gasteiger partial charge in [0, 0.05) is 54.9 Å². The number of fused-ring (bicyclic) bond motifs is 1. The van der Waals surface area contributed by atoms with E-state index in [0.717, 1.165) is 30.8 Å². The molecule has 1 unspecified atom stereocenters. The van der Waals surface area contributed by atoms with Crippen molar-refractivity contribution in [2.24, 2.45) is 0 Å². The monoisotopic (exact) mass is 283 g/mol. The van der Waals surface area contributed by atoms with Crippen LogP contribution in [-0.4, -0.2) is 25.0 Å². The fourth-order valence-corrected chi connectivity index (χ4v) is 2.85. The minimum atomic E-state index is 0.278. The molecule has 0 fully saturated rings. The number of hydrogen-bond acceptors (Lipinski definition) is 3. The van der Waals surface area contributed by atoms with E-state index in [0.29, 0.717) is 0 Å². The minimum absolute atomic E-state index is 0.278. The van der Waals surface area contributed by atoms with Crippen molar-refractivity contribution in [2.75, 3.05) is 19.4 Å². The maximum atomic E-state index is 4.28. The van der Waals surface area contributed by atoms with E-state index < -0.39 is 0 Å². The molecule has 21 heavy (non-hydrogen) atoms. The van der Waals surface area contributed by atoms with E-state index in [-0.39, 0.29) is 6.04 Å². The Morgan fingerprint density at radius 3 is 2.81 bits per heavy atom. The summed E-state index contributed by atoms with van der Waals surface area (Å²) in [7, 11) is 3.87. The third-order valence-electron chi connectivity index (χ3n) is 4.20. The quantitative estimate of drug-likeness (QED) is 0.749. The van der Waals surface area contributed by atoms with Gasteiger partial charge in [0.15, 0.2) is 0 Å². The highest BCUT2D eigenvalue weighted by Gasteiger charge is 2.28. The van der Waals surface area contributed by atoms with E-state index in [2.05, 4.69) is 53.5 Å². The Kier molecular flexibility index (Phi) is 4.73. The largest absolute Gasteiger partial charge is 0.392 e. The molecule has 3 nitrogen and oxygen atoms in total. The first-order valence-corrected chi connectivity index (χ1v) is 7.36. The van der Waals surface area contributed by atoms with Gasteiger partial charge in [-0.3, -0.25) is 0 Å². The molecular formula is C18H25N3. The molecule has 1 aromatic rings. The number of hydrogen-bond donors (Lipinski definition) is 2. The number of nitrogens with one attached hydrogen (secondary N) is 2. The summed E-state index contributed by atoms with van der Waals surface area (Å²) in [4.78, 5) is 2.33. The van der Waals surface area contributed by atoms with Crippen molar-refractivity contribution in [3.63, 3.8) is 0 Å². The van der Waals surface area contributed by atoms with Crippen LogP contribution in [0, 0.1) is 0 Å². The van der Waals surface area contributed by atoms with Gasteiger partial charge in [0.2, 0.25) is 0 Å². The first-order chi connectivity index (χ1) is 10.1. The maximum Gasteiger partial charge on any atom is 0.0477 e. The lowest BCUT2D eigenvalue weighted by molar-refractivity contribution is 0.331. The number of benzene rings is 1. The highest BCUT2D eigenvalue weighted by atomic mass is 15.2. The summed E-state index contributed by atoms with van der Waals surface area (Å²) in [5.41, 5.74) is 5.88. The molecule has 1 aliphatic heterocycles. The van der Waals surface area contributed by atoms with Crippen LogP contribution in [0.3, 0.4) is 0 Å². The summed E-state index contributed by atoms with van der Waals surface area (Å²) in [6.45, 7) is 13.2. The Morgan fingerprint density at radius 2 is 2.19 bits per heavy atom. The first-order valence-electron chi connectivity index (χ1n) is 7.36. The van der Waals surface area contributed by atoms with E-state index in [1.54, 1.807) is 0 Å². The molecule has 1 aliphatic rings. The van der Waals surface area contributed by atoms with Gasteiger partial charge in [-0.25, -0.2) is 0 Å². The van der Waals surface area contributed by atoms with E-state index in [1.807, 2.05) is 20.2 Å². The van der Waals surface area contributed by atoms with Crippen molar-refractivity contribution in [3.05, 3.63) is 60.8 Å². The summed E-state index contributed by atoms with van der Waals surface area (Å²) in [5.74, 6) is 0. The summed E-state index contributed by atoms with van der Waals surface area (Å²) >= 11 is 0. The second-order valence-electron chi connectivity index (χ2n) is 5.35. The van der Waals surface area contributed by atoms with Gasteiger partial charge in [0.05, 0.1) is 0 Å². The molecule has 2 N–H and O–H groups in total. The number of nitrogens with zero attached hydrogens (tertiary/aromatic N) is 1. The minimum Gasteiger partial charge on any atom is -0.392 e. The van der Waals surface area contributed by atoms with Crippen LogP contribution in [0.2, 0.25) is 0 Å². The fourth-order valence-electron chi connectivity index (χ4n) is 2.85. The molecule has 0 saturated heterocycles. The van der Waals surface area contributed by atoms with Gasteiger partial charge in [-0.2, -0.15) is 0 Å². The molecule has 0 spiro atoms. The molecule has 1 atom stereocenters. The highest BCUT2D eigenvalue weighted by molar-refractivity contribution is 5.75. The number of anilines is 1. The summed E-state index contributed by atoms with van der Waals surface area (Å²) in [6.07, 6.45) is 3.94. The average Bonchev–Trinajstić information content (AvgIpc) is 2.85. The van der Waals surface area contributed by atoms with Crippen molar-refractivity contribution < 1.29 is 0 Å². The molecular weight excluding hydrogens is 258 g/mol. The standard InChI is InChI=1S/C18H25N3/c1-6-15(11-10-13(2)19-4)21-12-17-16(14(21)3)8-7-9-18(17)20-5/h6-9,15,19-20H,1-3,10-12H2,4-5H3. The predicted molar refractivity (Wildman–Crippen MR) is 92.0 cm³/mol. The lowest BCUT2D eigenvalue weighted by Crippen LogP contribution is -2.28. The van der Waals surface area contributed by atoms with Gasteiger partial charge >= 0.3 is 0 Å². The van der Waals surface area contributed by atoms with Crippen LogP contribution in [0.15, 0.2) is 49.7 Å². The summed E-state index contributed by atoms with van der Waals surface area (Å²) < 4.78 is 0. The summed E-state index contributed by atoms with van der Waals surface area (Å²) in [6, 6.07) is 6.61. The van der Waals surface area contributed by atoms with Crippen LogP contribution >= 0.6 is 0 Å². The topological polar surface area (TPSA) is 27.3 Å². The summed E-state index contributed by atoms with van der Waals surface area (Å²) in [5, 5.41) is 6.37. The van der Waals surface area contributed by atoms with Crippen LogP contribution in [0.25, 0.3) is 5.70 Å². The average molecular weight is 283 g/mol. The van der Waals surface area contributed by atoms with Gasteiger partial charge in [0.1, 0.15) is 0 Å². The van der Waals surface area contributed by atoms with Gasteiger partial charge < -0.3 is 15.5 Å². The van der Waals surface area contributed by atoms with Gasteiger partial charge in [-0.1, -0.05) is 31.4 Å². The van der Waals surface area contributed by atoms with Gasteiger partial charge in [0.25, 0.3) is 0 Å². The van der Waals surface area contributed by atoms with Crippen LogP contribution in [0.5, 0.6) is 0 Å². The predicted octanol–water partition coefficient (Wildman–Crippen LogP) is 3.58. The van der Waals surface area contributed by atoms with E-state index in [1.165, 1.54) is 16.8 Å². The zero-order valence-corrected chi connectivity index (χ0v) is 13.1. The highest BCUT2D eigenvalue weighted by Crippen LogP contribution is 2.38. The van der Waals surface area contributed by atoms with Crippen molar-refractivity contribution in [1.82, 2.24) is 10.2 Å². The lowest BCUT2D eigenvalue weighted by Gasteiger charge is -2.28. The second kappa shape index (κ2) is 6.53. The smallest absolute Gasteiger partial charge is 0.0477 e. The van der Waals surface area contributed by atoms with Crippen LogP contribution in [0.1, 0.15) is 24.0 Å². The fraction of sp³-hybridized carbons (Fsp3) is 0.333. The Labute approximate surface area is 128 Å². The molecule has 2 rings (SSSR count). The third kappa shape index (κ3) is 2.97. The van der Waals surface area contributed by atoms with Crippen LogP contribution < -0.4 is 10.6 Å². The molecule has 0 radical (unpaired) electrons. The molecule has 1 heterocycles. The van der Waals surface area contributed by atoms with Gasteiger partial charge in [-0.15, -0.1) is 6.58 Å². The molecule has 0 bridgehead atoms. The van der Waals surface area contributed by atoms with E-state index >= 15 is 0 Å². The second-order valence-corrected chi connectivity index (χ2v) is 5.35. The van der Waals surface area contributed by atoms with Gasteiger partial charge in [-0.05, 0) is 18.9 Å². The Morgan fingerprint density at radius 1 is 1.43 bits per heavy atom. The molecule has 0 amide bonds. The molecule has 0 aliphatic carbocycles.